The molecular weight excluding hydrogens is 350 g/mol. The number of halogens is 1. The molecule has 25 heavy (non-hydrogen) atoms. The molecule has 1 aromatic carbocycles. The normalized spacial score (nSPS) is 18.8. The van der Waals surface area contributed by atoms with Crippen molar-refractivity contribution in [2.75, 3.05) is 25.5 Å². The molecule has 0 radical (unpaired) electrons. The molecule has 138 valence electrons. The van der Waals surface area contributed by atoms with Crippen LogP contribution in [0.2, 0.25) is 0 Å². The third-order valence-corrected chi connectivity index (χ3v) is 3.70. The molecule has 0 aliphatic carbocycles. The molecule has 9 heteroatoms. The van der Waals surface area contributed by atoms with Gasteiger partial charge in [0.05, 0.1) is 13.2 Å². The monoisotopic (exact) mass is 371 g/mol. The van der Waals surface area contributed by atoms with Gasteiger partial charge in [-0.25, -0.2) is 0 Å². The van der Waals surface area contributed by atoms with Crippen molar-refractivity contribution in [1.29, 1.82) is 0 Å². The van der Waals surface area contributed by atoms with Gasteiger partial charge in [0.15, 0.2) is 0 Å². The van der Waals surface area contributed by atoms with E-state index in [9.17, 15) is 14.4 Å². The van der Waals surface area contributed by atoms with Gasteiger partial charge in [0.2, 0.25) is 0 Å². The molecule has 8 nitrogen and oxygen atoms in total. The predicted octanol–water partition coefficient (Wildman–Crippen LogP) is 0.456. The van der Waals surface area contributed by atoms with Crippen molar-refractivity contribution in [2.24, 2.45) is 5.73 Å². The van der Waals surface area contributed by atoms with Crippen LogP contribution in [0.1, 0.15) is 23.2 Å². The van der Waals surface area contributed by atoms with Gasteiger partial charge in [0.25, 0.3) is 11.8 Å². The Morgan fingerprint density at radius 1 is 1.24 bits per heavy atom. The Balaban J connectivity index is 0.00000312. The molecule has 1 fully saturated rings. The number of methoxy groups -OCH3 is 1. The number of carbonyl (C=O) groups excluding carboxylic acids is 3. The second kappa shape index (κ2) is 9.97. The summed E-state index contributed by atoms with van der Waals surface area (Å²) in [5.74, 6) is -1.16. The molecule has 1 saturated heterocycles. The second-order valence-corrected chi connectivity index (χ2v) is 5.39. The molecule has 0 saturated carbocycles. The lowest BCUT2D eigenvalue weighted by Gasteiger charge is -2.13. The van der Waals surface area contributed by atoms with E-state index in [4.69, 9.17) is 10.5 Å². The van der Waals surface area contributed by atoms with Gasteiger partial charge in [-0.3, -0.25) is 14.4 Å². The number of esters is 1. The summed E-state index contributed by atoms with van der Waals surface area (Å²) < 4.78 is 9.97. The Labute approximate surface area is 151 Å². The number of nitrogens with two attached hydrogens (primary N) is 1. The van der Waals surface area contributed by atoms with Crippen molar-refractivity contribution < 1.29 is 23.9 Å². The molecule has 4 N–H and O–H groups in total. The molecule has 1 aromatic rings. The molecular formula is C16H22ClN3O5. The van der Waals surface area contributed by atoms with Crippen LogP contribution in [0.3, 0.4) is 0 Å². The summed E-state index contributed by atoms with van der Waals surface area (Å²) in [7, 11) is 1.25. The predicted molar refractivity (Wildman–Crippen MR) is 93.6 cm³/mol. The summed E-state index contributed by atoms with van der Waals surface area (Å²) in [6.45, 7) is 0.203. The van der Waals surface area contributed by atoms with Crippen LogP contribution in [0.5, 0.6) is 0 Å². The van der Waals surface area contributed by atoms with Gasteiger partial charge < -0.3 is 25.8 Å². The number of amides is 2. The Morgan fingerprint density at radius 2 is 1.92 bits per heavy atom. The fraction of sp³-hybridized carbons (Fsp3) is 0.438. The number of nitrogens with one attached hydrogen (secondary N) is 2. The summed E-state index contributed by atoms with van der Waals surface area (Å²) in [5.41, 5.74) is 6.45. The van der Waals surface area contributed by atoms with Crippen molar-refractivity contribution in [1.82, 2.24) is 5.32 Å². The van der Waals surface area contributed by atoms with Crippen LogP contribution in [-0.4, -0.2) is 50.2 Å². The van der Waals surface area contributed by atoms with Crippen LogP contribution in [-0.2, 0) is 19.1 Å². The highest BCUT2D eigenvalue weighted by molar-refractivity contribution is 5.97. The SMILES string of the molecule is COC(=O)CNC(=O)c1ccc(NC(=O)[C@@H]2CC[C@H](CN)O2)cc1.Cl. The van der Waals surface area contributed by atoms with E-state index in [0.29, 0.717) is 24.2 Å². The van der Waals surface area contributed by atoms with Crippen molar-refractivity contribution >= 4 is 35.9 Å². The average Bonchev–Trinajstić information content (AvgIpc) is 3.09. The molecule has 0 unspecified atom stereocenters. The van der Waals surface area contributed by atoms with E-state index >= 15 is 0 Å². The minimum absolute atomic E-state index is 0. The maximum Gasteiger partial charge on any atom is 0.325 e. The van der Waals surface area contributed by atoms with Crippen molar-refractivity contribution in [2.45, 2.75) is 25.0 Å². The lowest BCUT2D eigenvalue weighted by Crippen LogP contribution is -2.30. The zero-order valence-electron chi connectivity index (χ0n) is 13.8. The quantitative estimate of drug-likeness (QED) is 0.625. The Morgan fingerprint density at radius 3 is 2.48 bits per heavy atom. The maximum absolute atomic E-state index is 12.1. The first kappa shape index (κ1) is 20.9. The van der Waals surface area contributed by atoms with Gasteiger partial charge in [-0.1, -0.05) is 0 Å². The topological polar surface area (TPSA) is 120 Å². The fourth-order valence-corrected chi connectivity index (χ4v) is 2.33. The van der Waals surface area contributed by atoms with Crippen LogP contribution in [0.25, 0.3) is 0 Å². The highest BCUT2D eigenvalue weighted by Gasteiger charge is 2.29. The van der Waals surface area contributed by atoms with Crippen LogP contribution in [0.15, 0.2) is 24.3 Å². The fourth-order valence-electron chi connectivity index (χ4n) is 2.33. The van der Waals surface area contributed by atoms with Gasteiger partial charge in [0.1, 0.15) is 12.6 Å². The Bertz CT molecular complexity index is 608. The van der Waals surface area contributed by atoms with Crippen LogP contribution < -0.4 is 16.4 Å². The minimum atomic E-state index is -0.528. The summed E-state index contributed by atoms with van der Waals surface area (Å²) in [6, 6.07) is 6.33. The largest absolute Gasteiger partial charge is 0.468 e. The molecule has 2 atom stereocenters. The van der Waals surface area contributed by atoms with E-state index in [0.717, 1.165) is 6.42 Å². The van der Waals surface area contributed by atoms with Crippen LogP contribution in [0, 0.1) is 0 Å². The molecule has 1 aliphatic rings. The molecule has 1 heterocycles. The molecule has 1 aliphatic heterocycles. The zero-order chi connectivity index (χ0) is 17.5. The van der Waals surface area contributed by atoms with Crippen molar-refractivity contribution in [3.05, 3.63) is 29.8 Å². The number of hydrogen-bond acceptors (Lipinski definition) is 6. The van der Waals surface area contributed by atoms with Crippen LogP contribution >= 0.6 is 12.4 Å². The average molecular weight is 372 g/mol. The second-order valence-electron chi connectivity index (χ2n) is 5.39. The first-order valence-electron chi connectivity index (χ1n) is 7.65. The number of rotatable bonds is 6. The highest BCUT2D eigenvalue weighted by Crippen LogP contribution is 2.20. The minimum Gasteiger partial charge on any atom is -0.468 e. The first-order valence-corrected chi connectivity index (χ1v) is 7.65. The lowest BCUT2D eigenvalue weighted by atomic mass is 10.1. The van der Waals surface area contributed by atoms with E-state index in [1.807, 2.05) is 0 Å². The van der Waals surface area contributed by atoms with Gasteiger partial charge in [-0.15, -0.1) is 12.4 Å². The molecule has 0 spiro atoms. The van der Waals surface area contributed by atoms with Crippen molar-refractivity contribution in [3.8, 4) is 0 Å². The Hall–Kier alpha value is -2.16. The first-order chi connectivity index (χ1) is 11.5. The van der Waals surface area contributed by atoms with E-state index in [1.165, 1.54) is 7.11 Å². The van der Waals surface area contributed by atoms with Gasteiger partial charge in [0, 0.05) is 17.8 Å². The highest BCUT2D eigenvalue weighted by atomic mass is 35.5. The molecule has 0 bridgehead atoms. The zero-order valence-corrected chi connectivity index (χ0v) is 14.6. The van der Waals surface area contributed by atoms with E-state index in [-0.39, 0.29) is 31.0 Å². The number of carbonyl (C=O) groups is 3. The van der Waals surface area contributed by atoms with Crippen LogP contribution in [0.4, 0.5) is 5.69 Å². The van der Waals surface area contributed by atoms with E-state index in [1.54, 1.807) is 24.3 Å². The standard InChI is InChI=1S/C16H21N3O5.ClH/c1-23-14(20)9-18-15(21)10-2-4-11(5-3-10)19-16(22)13-7-6-12(8-17)24-13;/h2-5,12-13H,6-9,17H2,1H3,(H,18,21)(H,19,22);1H/t12-,13+;/m1./s1. The Kier molecular flexibility index (Phi) is 8.33. The summed E-state index contributed by atoms with van der Waals surface area (Å²) in [4.78, 5) is 34.9. The third-order valence-electron chi connectivity index (χ3n) is 3.70. The smallest absolute Gasteiger partial charge is 0.325 e. The van der Waals surface area contributed by atoms with E-state index < -0.39 is 18.0 Å². The summed E-state index contributed by atoms with van der Waals surface area (Å²) >= 11 is 0. The summed E-state index contributed by atoms with van der Waals surface area (Å²) in [5, 5.41) is 5.18. The lowest BCUT2D eigenvalue weighted by molar-refractivity contribution is -0.139. The number of anilines is 1. The third kappa shape index (κ3) is 6.00. The molecule has 0 aromatic heterocycles. The molecule has 2 rings (SSSR count). The van der Waals surface area contributed by atoms with Crippen molar-refractivity contribution in [3.63, 3.8) is 0 Å². The number of benzene rings is 1. The number of ether oxygens (including phenoxy) is 2. The van der Waals surface area contributed by atoms with Gasteiger partial charge >= 0.3 is 5.97 Å². The van der Waals surface area contributed by atoms with E-state index in [2.05, 4.69) is 15.4 Å². The number of hydrogen-bond donors (Lipinski definition) is 3. The van der Waals surface area contributed by atoms with Gasteiger partial charge in [-0.2, -0.15) is 0 Å². The maximum atomic E-state index is 12.1. The van der Waals surface area contributed by atoms with Gasteiger partial charge in [-0.05, 0) is 37.1 Å². The summed E-state index contributed by atoms with van der Waals surface area (Å²) in [6.07, 6.45) is 0.846. The molecule has 2 amide bonds.